The highest BCUT2D eigenvalue weighted by molar-refractivity contribution is 9.10. The molecule has 0 spiro atoms. The fourth-order valence-electron chi connectivity index (χ4n) is 1.61. The van der Waals surface area contributed by atoms with Crippen LogP contribution in [0, 0.1) is 11.6 Å². The van der Waals surface area contributed by atoms with Crippen molar-refractivity contribution in [1.82, 2.24) is 4.90 Å². The maximum Gasteiger partial charge on any atom is 0.257 e. The highest BCUT2D eigenvalue weighted by atomic mass is 79.9. The lowest BCUT2D eigenvalue weighted by atomic mass is 10.1. The van der Waals surface area contributed by atoms with Gasteiger partial charge in [0.2, 0.25) is 0 Å². The predicted molar refractivity (Wildman–Crippen MR) is 60.8 cm³/mol. The van der Waals surface area contributed by atoms with Gasteiger partial charge in [-0.1, -0.05) is 0 Å². The molecule has 1 aromatic rings. The highest BCUT2D eigenvalue weighted by Crippen LogP contribution is 2.23. The van der Waals surface area contributed by atoms with Gasteiger partial charge in [-0.15, -0.1) is 0 Å². The van der Waals surface area contributed by atoms with Crippen LogP contribution < -0.4 is 0 Å². The van der Waals surface area contributed by atoms with Crippen molar-refractivity contribution in [2.75, 3.05) is 20.2 Å². The van der Waals surface area contributed by atoms with E-state index in [0.29, 0.717) is 13.1 Å². The van der Waals surface area contributed by atoms with Crippen molar-refractivity contribution in [2.24, 2.45) is 0 Å². The number of amides is 1. The lowest BCUT2D eigenvalue weighted by Crippen LogP contribution is -2.54. The average Bonchev–Trinajstić information content (AvgIpc) is 2.21. The monoisotopic (exact) mass is 305 g/mol. The van der Waals surface area contributed by atoms with Gasteiger partial charge in [0.05, 0.1) is 16.1 Å². The van der Waals surface area contributed by atoms with E-state index in [1.165, 1.54) is 4.90 Å². The normalized spacial score (nSPS) is 15.9. The standard InChI is InChI=1S/C11H10BrF2NO2/c1-17-6-4-15(5-6)11(16)7-2-10(14)8(12)3-9(7)13/h2-3,6H,4-5H2,1H3. The summed E-state index contributed by atoms with van der Waals surface area (Å²) in [5.74, 6) is -1.90. The molecule has 0 atom stereocenters. The van der Waals surface area contributed by atoms with E-state index in [4.69, 9.17) is 4.74 Å². The van der Waals surface area contributed by atoms with Crippen LogP contribution in [0.3, 0.4) is 0 Å². The van der Waals surface area contributed by atoms with Crippen LogP contribution in [0.2, 0.25) is 0 Å². The van der Waals surface area contributed by atoms with Crippen molar-refractivity contribution in [1.29, 1.82) is 0 Å². The summed E-state index contributed by atoms with van der Waals surface area (Å²) in [7, 11) is 1.55. The van der Waals surface area contributed by atoms with Gasteiger partial charge in [-0.05, 0) is 28.1 Å². The summed E-state index contributed by atoms with van der Waals surface area (Å²) in [5.41, 5.74) is -0.250. The number of ether oxygens (including phenoxy) is 1. The number of carbonyl (C=O) groups is 1. The molecule has 0 N–H and O–H groups in total. The van der Waals surface area contributed by atoms with Crippen LogP contribution in [0.4, 0.5) is 8.78 Å². The molecule has 1 fully saturated rings. The minimum atomic E-state index is -0.732. The summed E-state index contributed by atoms with van der Waals surface area (Å²) < 4.78 is 31.8. The number of rotatable bonds is 2. The molecule has 0 bridgehead atoms. The molecule has 6 heteroatoms. The Morgan fingerprint density at radius 3 is 2.65 bits per heavy atom. The number of carbonyl (C=O) groups excluding carboxylic acids is 1. The van der Waals surface area contributed by atoms with Crippen LogP contribution in [0.25, 0.3) is 0 Å². The Balaban J connectivity index is 2.18. The second-order valence-corrected chi connectivity index (χ2v) is 4.67. The molecule has 0 radical (unpaired) electrons. The summed E-state index contributed by atoms with van der Waals surface area (Å²) in [6.45, 7) is 0.818. The van der Waals surface area contributed by atoms with E-state index in [1.54, 1.807) is 7.11 Å². The number of hydrogen-bond donors (Lipinski definition) is 0. The summed E-state index contributed by atoms with van der Waals surface area (Å²) in [6.07, 6.45) is -0.0118. The first-order valence-electron chi connectivity index (χ1n) is 4.99. The lowest BCUT2D eigenvalue weighted by Gasteiger charge is -2.38. The summed E-state index contributed by atoms with van der Waals surface area (Å²) in [4.78, 5) is 13.2. The molecular weight excluding hydrogens is 296 g/mol. The molecule has 92 valence electrons. The number of likely N-dealkylation sites (tertiary alicyclic amines) is 1. The average molecular weight is 306 g/mol. The van der Waals surface area contributed by atoms with E-state index < -0.39 is 17.5 Å². The lowest BCUT2D eigenvalue weighted by molar-refractivity contribution is -0.0194. The van der Waals surface area contributed by atoms with Gasteiger partial charge in [0, 0.05) is 20.2 Å². The van der Waals surface area contributed by atoms with Crippen LogP contribution in [0.5, 0.6) is 0 Å². The van der Waals surface area contributed by atoms with E-state index in [2.05, 4.69) is 15.9 Å². The highest BCUT2D eigenvalue weighted by Gasteiger charge is 2.32. The van der Waals surface area contributed by atoms with Crippen molar-refractivity contribution >= 4 is 21.8 Å². The molecule has 1 amide bonds. The van der Waals surface area contributed by atoms with Gasteiger partial charge in [0.1, 0.15) is 11.6 Å². The maximum atomic E-state index is 13.5. The third kappa shape index (κ3) is 2.32. The minimum Gasteiger partial charge on any atom is -0.378 e. The zero-order chi connectivity index (χ0) is 12.6. The molecule has 3 nitrogen and oxygen atoms in total. The van der Waals surface area contributed by atoms with Gasteiger partial charge >= 0.3 is 0 Å². The molecule has 1 heterocycles. The molecule has 0 aliphatic carbocycles. The van der Waals surface area contributed by atoms with Crippen molar-refractivity contribution in [3.63, 3.8) is 0 Å². The Hall–Kier alpha value is -1.01. The molecule has 1 aliphatic heterocycles. The molecule has 2 rings (SSSR count). The molecule has 1 saturated heterocycles. The first-order valence-corrected chi connectivity index (χ1v) is 5.79. The van der Waals surface area contributed by atoms with Crippen LogP contribution in [0.15, 0.2) is 16.6 Å². The molecule has 0 saturated carbocycles. The molecule has 1 aromatic carbocycles. The quantitative estimate of drug-likeness (QED) is 0.784. The molecule has 0 unspecified atom stereocenters. The fourth-order valence-corrected chi connectivity index (χ4v) is 1.93. The topological polar surface area (TPSA) is 29.5 Å². The number of hydrogen-bond acceptors (Lipinski definition) is 2. The summed E-state index contributed by atoms with van der Waals surface area (Å²) in [5, 5.41) is 0. The first-order chi connectivity index (χ1) is 8.02. The Morgan fingerprint density at radius 2 is 2.06 bits per heavy atom. The molecule has 0 aromatic heterocycles. The number of halogens is 3. The number of methoxy groups -OCH3 is 1. The van der Waals surface area contributed by atoms with Gasteiger partial charge in [0.15, 0.2) is 0 Å². The summed E-state index contributed by atoms with van der Waals surface area (Å²) >= 11 is 2.86. The minimum absolute atomic E-state index is 0.00456. The van der Waals surface area contributed by atoms with Crippen molar-refractivity contribution in [3.05, 3.63) is 33.8 Å². The third-order valence-electron chi connectivity index (χ3n) is 2.71. The molecular formula is C11H10BrF2NO2. The maximum absolute atomic E-state index is 13.5. The van der Waals surface area contributed by atoms with Gasteiger partial charge in [-0.2, -0.15) is 0 Å². The zero-order valence-corrected chi connectivity index (χ0v) is 10.6. The SMILES string of the molecule is COC1CN(C(=O)c2cc(F)c(Br)cc2F)C1. The third-order valence-corrected chi connectivity index (χ3v) is 3.32. The van der Waals surface area contributed by atoms with Crippen LogP contribution in [0.1, 0.15) is 10.4 Å². The van der Waals surface area contributed by atoms with E-state index >= 15 is 0 Å². The largest absolute Gasteiger partial charge is 0.378 e. The Kier molecular flexibility index (Phi) is 3.44. The predicted octanol–water partition coefficient (Wildman–Crippen LogP) is 2.20. The Morgan fingerprint density at radius 1 is 1.41 bits per heavy atom. The smallest absolute Gasteiger partial charge is 0.257 e. The van der Waals surface area contributed by atoms with E-state index in [0.717, 1.165) is 12.1 Å². The van der Waals surface area contributed by atoms with Gasteiger partial charge in [0.25, 0.3) is 5.91 Å². The second-order valence-electron chi connectivity index (χ2n) is 3.81. The van der Waals surface area contributed by atoms with Crippen molar-refractivity contribution in [3.8, 4) is 0 Å². The van der Waals surface area contributed by atoms with Crippen LogP contribution >= 0.6 is 15.9 Å². The number of nitrogens with zero attached hydrogens (tertiary/aromatic N) is 1. The van der Waals surface area contributed by atoms with Crippen molar-refractivity contribution < 1.29 is 18.3 Å². The van der Waals surface area contributed by atoms with Crippen LogP contribution in [-0.2, 0) is 4.74 Å². The van der Waals surface area contributed by atoms with Crippen LogP contribution in [-0.4, -0.2) is 37.1 Å². The Bertz CT molecular complexity index is 461. The second kappa shape index (κ2) is 4.70. The Labute approximate surface area is 105 Å². The van der Waals surface area contributed by atoms with Gasteiger partial charge in [-0.25, -0.2) is 8.78 Å². The van der Waals surface area contributed by atoms with E-state index in [-0.39, 0.29) is 16.1 Å². The van der Waals surface area contributed by atoms with Gasteiger partial charge < -0.3 is 9.64 Å². The zero-order valence-electron chi connectivity index (χ0n) is 9.04. The van der Waals surface area contributed by atoms with Gasteiger partial charge in [-0.3, -0.25) is 4.79 Å². The fraction of sp³-hybridized carbons (Fsp3) is 0.364. The summed E-state index contributed by atoms with van der Waals surface area (Å²) in [6, 6.07) is 1.86. The van der Waals surface area contributed by atoms with E-state index in [1.807, 2.05) is 0 Å². The number of benzene rings is 1. The van der Waals surface area contributed by atoms with E-state index in [9.17, 15) is 13.6 Å². The molecule has 1 aliphatic rings. The first kappa shape index (κ1) is 12.4. The van der Waals surface area contributed by atoms with Crippen molar-refractivity contribution in [2.45, 2.75) is 6.10 Å². The molecule has 17 heavy (non-hydrogen) atoms.